The minimum atomic E-state index is -0.915. The highest BCUT2D eigenvalue weighted by molar-refractivity contribution is 6.32. The van der Waals surface area contributed by atoms with Gasteiger partial charge in [0.1, 0.15) is 11.5 Å². The van der Waals surface area contributed by atoms with Crippen molar-refractivity contribution in [3.8, 4) is 11.5 Å². The van der Waals surface area contributed by atoms with E-state index in [-0.39, 0.29) is 6.54 Å². The maximum atomic E-state index is 12.9. The minimum Gasteiger partial charge on any atom is -0.497 e. The Morgan fingerprint density at radius 2 is 1.52 bits per heavy atom. The first-order chi connectivity index (χ1) is 16.0. The summed E-state index contributed by atoms with van der Waals surface area (Å²) in [4.78, 5) is 27.0. The van der Waals surface area contributed by atoms with Crippen LogP contribution in [0.25, 0.3) is 0 Å². The molecule has 7 nitrogen and oxygen atoms in total. The smallest absolute Gasteiger partial charge is 0.398 e. The number of nitrogens with one attached hydrogen (secondary N) is 1. The van der Waals surface area contributed by atoms with E-state index >= 15 is 0 Å². The number of esters is 1. The molecule has 1 atom stereocenters. The number of carbonyl (C=O) groups excluding carboxylic acids is 2. The molecule has 2 aromatic rings. The fraction of sp³-hybridized carbons (Fsp3) is 0.308. The second kappa shape index (κ2) is 13.8. The summed E-state index contributed by atoms with van der Waals surface area (Å²) in [5.41, 5.74) is 1.86. The topological polar surface area (TPSA) is 77.1 Å². The first-order valence-electron chi connectivity index (χ1n) is 10.7. The Morgan fingerprint density at radius 1 is 0.939 bits per heavy atom. The Labute approximate surface area is 195 Å². The van der Waals surface area contributed by atoms with E-state index in [2.05, 4.69) is 18.5 Å². The van der Waals surface area contributed by atoms with Crippen molar-refractivity contribution < 1.29 is 23.8 Å². The average Bonchev–Trinajstić information content (AvgIpc) is 2.85. The third kappa shape index (κ3) is 8.46. The van der Waals surface area contributed by atoms with Crippen molar-refractivity contribution in [3.05, 3.63) is 85.0 Å². The predicted octanol–water partition coefficient (Wildman–Crippen LogP) is 3.84. The van der Waals surface area contributed by atoms with Gasteiger partial charge >= 0.3 is 11.9 Å². The highest BCUT2D eigenvalue weighted by Gasteiger charge is 2.26. The number of nitrogens with zero attached hydrogens (tertiary/aromatic N) is 1. The Bertz CT molecular complexity index is 909. The van der Waals surface area contributed by atoms with Crippen molar-refractivity contribution in [1.82, 2.24) is 10.2 Å². The molecule has 1 unspecified atom stereocenters. The van der Waals surface area contributed by atoms with Gasteiger partial charge in [-0.2, -0.15) is 0 Å². The number of amides is 1. The lowest BCUT2D eigenvalue weighted by atomic mass is 10.2. The number of rotatable bonds is 13. The molecule has 0 aliphatic rings. The van der Waals surface area contributed by atoms with Crippen LogP contribution in [0.4, 0.5) is 0 Å². The van der Waals surface area contributed by atoms with Gasteiger partial charge in [-0.05, 0) is 41.8 Å². The summed E-state index contributed by atoms with van der Waals surface area (Å²) in [5, 5.41) is 3.15. The van der Waals surface area contributed by atoms with E-state index in [1.807, 2.05) is 48.5 Å². The van der Waals surface area contributed by atoms with Gasteiger partial charge in [0.05, 0.1) is 14.2 Å². The van der Waals surface area contributed by atoms with Gasteiger partial charge in [0.2, 0.25) is 0 Å². The fourth-order valence-corrected chi connectivity index (χ4v) is 3.06. The summed E-state index contributed by atoms with van der Waals surface area (Å²) in [6, 6.07) is 14.9. The van der Waals surface area contributed by atoms with Crippen molar-refractivity contribution in [2.24, 2.45) is 0 Å². The van der Waals surface area contributed by atoms with Crippen molar-refractivity contribution in [3.63, 3.8) is 0 Å². The van der Waals surface area contributed by atoms with E-state index in [4.69, 9.17) is 14.2 Å². The molecule has 176 valence electrons. The van der Waals surface area contributed by atoms with Crippen LogP contribution in [0.15, 0.2) is 73.8 Å². The maximum Gasteiger partial charge on any atom is 0.398 e. The zero-order valence-electron chi connectivity index (χ0n) is 19.3. The van der Waals surface area contributed by atoms with Gasteiger partial charge < -0.3 is 19.1 Å². The second-order valence-electron chi connectivity index (χ2n) is 7.30. The Kier molecular flexibility index (Phi) is 10.7. The zero-order chi connectivity index (χ0) is 24.1. The van der Waals surface area contributed by atoms with E-state index in [0.29, 0.717) is 25.9 Å². The van der Waals surface area contributed by atoms with Crippen molar-refractivity contribution in [1.29, 1.82) is 0 Å². The number of hydrogen-bond acceptors (Lipinski definition) is 6. The van der Waals surface area contributed by atoms with E-state index in [1.54, 1.807) is 26.4 Å². The minimum absolute atomic E-state index is 0.275. The summed E-state index contributed by atoms with van der Waals surface area (Å²) in [5.74, 6) is -0.137. The quantitative estimate of drug-likeness (QED) is 0.215. The highest BCUT2D eigenvalue weighted by atomic mass is 16.6. The van der Waals surface area contributed by atoms with Crippen LogP contribution in [0.3, 0.4) is 0 Å². The monoisotopic (exact) mass is 452 g/mol. The maximum absolute atomic E-state index is 12.9. The van der Waals surface area contributed by atoms with Gasteiger partial charge in [-0.15, -0.1) is 13.2 Å². The Balaban J connectivity index is 2.01. The molecule has 0 saturated heterocycles. The first-order valence-corrected chi connectivity index (χ1v) is 10.7. The molecular formula is C26H32N2O5. The molecular weight excluding hydrogens is 420 g/mol. The van der Waals surface area contributed by atoms with E-state index in [1.165, 1.54) is 4.90 Å². The third-order valence-corrected chi connectivity index (χ3v) is 4.92. The summed E-state index contributed by atoms with van der Waals surface area (Å²) in [6.45, 7) is 8.50. The van der Waals surface area contributed by atoms with Crippen molar-refractivity contribution >= 4 is 11.9 Å². The molecule has 0 heterocycles. The molecule has 7 heteroatoms. The molecule has 0 aliphatic heterocycles. The van der Waals surface area contributed by atoms with Crippen LogP contribution in [0.2, 0.25) is 0 Å². The predicted molar refractivity (Wildman–Crippen MR) is 128 cm³/mol. The van der Waals surface area contributed by atoms with Crippen molar-refractivity contribution in [2.45, 2.75) is 32.2 Å². The summed E-state index contributed by atoms with van der Waals surface area (Å²) >= 11 is 0. The molecule has 0 radical (unpaired) electrons. The number of benzene rings is 2. The van der Waals surface area contributed by atoms with Crippen LogP contribution in [0, 0.1) is 0 Å². The summed E-state index contributed by atoms with van der Waals surface area (Å²) in [6.07, 6.45) is 3.58. The number of methoxy groups -OCH3 is 2. The number of carbonyl (C=O) groups is 2. The molecule has 2 aromatic carbocycles. The van der Waals surface area contributed by atoms with Gasteiger partial charge in [0, 0.05) is 26.1 Å². The normalized spacial score (nSPS) is 11.2. The molecule has 2 rings (SSSR count). The lowest BCUT2D eigenvalue weighted by Crippen LogP contribution is -2.42. The lowest BCUT2D eigenvalue weighted by molar-refractivity contribution is -0.165. The third-order valence-electron chi connectivity index (χ3n) is 4.92. The Morgan fingerprint density at radius 3 is 2.03 bits per heavy atom. The van der Waals surface area contributed by atoms with Gasteiger partial charge in [-0.25, -0.2) is 4.79 Å². The molecule has 0 bridgehead atoms. The van der Waals surface area contributed by atoms with Crippen LogP contribution in [0.1, 0.15) is 24.0 Å². The van der Waals surface area contributed by atoms with Crippen LogP contribution in [-0.2, 0) is 27.4 Å². The fourth-order valence-electron chi connectivity index (χ4n) is 3.06. The first kappa shape index (κ1) is 25.7. The van der Waals surface area contributed by atoms with Crippen LogP contribution in [-0.4, -0.2) is 43.8 Å². The molecule has 33 heavy (non-hydrogen) atoms. The molecule has 0 fully saturated rings. The molecule has 1 N–H and O–H groups in total. The SMILES string of the molecule is C=CCCN(Cc1ccc(OC)cc1)C(=O)C(=O)OC(CC=C)NCc1ccc(OC)cc1. The average molecular weight is 453 g/mol. The second-order valence-corrected chi connectivity index (χ2v) is 7.30. The number of hydrogen-bond donors (Lipinski definition) is 1. The molecule has 1 amide bonds. The molecule has 0 aromatic heterocycles. The van der Waals surface area contributed by atoms with Crippen LogP contribution >= 0.6 is 0 Å². The molecule has 0 saturated carbocycles. The molecule has 0 aliphatic carbocycles. The summed E-state index contributed by atoms with van der Waals surface area (Å²) in [7, 11) is 3.20. The van der Waals surface area contributed by atoms with E-state index in [9.17, 15) is 9.59 Å². The largest absolute Gasteiger partial charge is 0.497 e. The lowest BCUT2D eigenvalue weighted by Gasteiger charge is -2.23. The highest BCUT2D eigenvalue weighted by Crippen LogP contribution is 2.15. The van der Waals surface area contributed by atoms with Crippen molar-refractivity contribution in [2.75, 3.05) is 20.8 Å². The van der Waals surface area contributed by atoms with Crippen LogP contribution < -0.4 is 14.8 Å². The van der Waals surface area contributed by atoms with Gasteiger partial charge in [0.15, 0.2) is 6.23 Å². The van der Waals surface area contributed by atoms with Crippen LogP contribution in [0.5, 0.6) is 11.5 Å². The van der Waals surface area contributed by atoms with E-state index in [0.717, 1.165) is 22.6 Å². The van der Waals surface area contributed by atoms with E-state index < -0.39 is 18.1 Å². The van der Waals surface area contributed by atoms with Gasteiger partial charge in [-0.3, -0.25) is 10.1 Å². The number of ether oxygens (including phenoxy) is 3. The standard InChI is InChI=1S/C26H32N2O5/c1-5-7-17-28(19-21-11-15-23(32-4)16-12-21)25(29)26(30)33-24(8-6-2)27-18-20-9-13-22(31-3)14-10-20/h5-6,9-16,24,27H,1-2,7-8,17-19H2,3-4H3. The summed E-state index contributed by atoms with van der Waals surface area (Å²) < 4.78 is 15.8. The van der Waals surface area contributed by atoms with Gasteiger partial charge in [-0.1, -0.05) is 36.4 Å². The Hall–Kier alpha value is -3.58. The zero-order valence-corrected chi connectivity index (χ0v) is 19.3. The molecule has 0 spiro atoms. The van der Waals surface area contributed by atoms with Gasteiger partial charge in [0.25, 0.3) is 0 Å².